The average Bonchev–Trinajstić information content (AvgIpc) is 2.98. The lowest BCUT2D eigenvalue weighted by atomic mass is 10.0. The number of furan rings is 1. The maximum absolute atomic E-state index is 14.0. The van der Waals surface area contributed by atoms with Crippen LogP contribution in [-0.4, -0.2) is 19.0 Å². The van der Waals surface area contributed by atoms with Crippen molar-refractivity contribution in [2.75, 3.05) is 18.0 Å². The fourth-order valence-electron chi connectivity index (χ4n) is 2.72. The molecule has 2 aromatic rings. The molecule has 0 unspecified atom stereocenters. The van der Waals surface area contributed by atoms with Gasteiger partial charge in [0.15, 0.2) is 0 Å². The van der Waals surface area contributed by atoms with E-state index in [0.29, 0.717) is 36.5 Å². The summed E-state index contributed by atoms with van der Waals surface area (Å²) in [5.74, 6) is -0.775. The van der Waals surface area contributed by atoms with Crippen molar-refractivity contribution in [1.82, 2.24) is 5.32 Å². The van der Waals surface area contributed by atoms with Gasteiger partial charge in [-0.3, -0.25) is 4.79 Å². The smallest absolute Gasteiger partial charge is 0.239 e. The van der Waals surface area contributed by atoms with Gasteiger partial charge in [-0.05, 0) is 36.6 Å². The van der Waals surface area contributed by atoms with Crippen molar-refractivity contribution >= 4 is 11.6 Å². The van der Waals surface area contributed by atoms with Crippen LogP contribution in [0.1, 0.15) is 17.7 Å². The lowest BCUT2D eigenvalue weighted by molar-refractivity contribution is -0.120. The third-order valence-electron chi connectivity index (χ3n) is 3.67. The summed E-state index contributed by atoms with van der Waals surface area (Å²) in [6.45, 7) is 0.901. The first-order valence-electron chi connectivity index (χ1n) is 7.15. The Hall–Kier alpha value is -2.37. The van der Waals surface area contributed by atoms with Crippen LogP contribution in [0, 0.1) is 11.6 Å². The van der Waals surface area contributed by atoms with Gasteiger partial charge in [0.1, 0.15) is 17.4 Å². The normalized spacial score (nSPS) is 13.8. The van der Waals surface area contributed by atoms with Crippen molar-refractivity contribution in [3.63, 3.8) is 0 Å². The molecule has 1 aliphatic rings. The van der Waals surface area contributed by atoms with E-state index in [2.05, 4.69) is 5.32 Å². The van der Waals surface area contributed by atoms with Crippen LogP contribution in [0.25, 0.3) is 0 Å². The quantitative estimate of drug-likeness (QED) is 0.944. The lowest BCUT2D eigenvalue weighted by Gasteiger charge is -2.31. The van der Waals surface area contributed by atoms with E-state index < -0.39 is 11.6 Å². The van der Waals surface area contributed by atoms with Crippen LogP contribution in [-0.2, 0) is 17.8 Å². The van der Waals surface area contributed by atoms with Crippen molar-refractivity contribution in [3.05, 3.63) is 53.5 Å². The van der Waals surface area contributed by atoms with Crippen molar-refractivity contribution in [2.45, 2.75) is 19.4 Å². The Labute approximate surface area is 126 Å². The zero-order chi connectivity index (χ0) is 15.5. The summed E-state index contributed by atoms with van der Waals surface area (Å²) in [7, 11) is 0. The predicted molar refractivity (Wildman–Crippen MR) is 77.4 cm³/mol. The molecular weight excluding hydrogens is 290 g/mol. The molecule has 0 radical (unpaired) electrons. The number of hydrogen-bond acceptors (Lipinski definition) is 3. The third-order valence-corrected chi connectivity index (χ3v) is 3.67. The van der Waals surface area contributed by atoms with Crippen LogP contribution in [0.3, 0.4) is 0 Å². The fourth-order valence-corrected chi connectivity index (χ4v) is 2.72. The highest BCUT2D eigenvalue weighted by molar-refractivity contribution is 5.82. The Morgan fingerprint density at radius 2 is 2.23 bits per heavy atom. The van der Waals surface area contributed by atoms with Gasteiger partial charge in [0.05, 0.1) is 25.0 Å². The van der Waals surface area contributed by atoms with Gasteiger partial charge < -0.3 is 14.6 Å². The van der Waals surface area contributed by atoms with Crippen LogP contribution in [0.2, 0.25) is 0 Å². The number of nitrogens with zero attached hydrogens (tertiary/aromatic N) is 1. The predicted octanol–water partition coefficient (Wildman–Crippen LogP) is 2.63. The molecule has 6 heteroatoms. The molecule has 0 spiro atoms. The first kappa shape index (κ1) is 14.6. The molecule has 1 amide bonds. The van der Waals surface area contributed by atoms with Gasteiger partial charge in [0, 0.05) is 12.6 Å². The van der Waals surface area contributed by atoms with Crippen LogP contribution >= 0.6 is 0 Å². The summed E-state index contributed by atoms with van der Waals surface area (Å²) in [6, 6.07) is 5.70. The number of hydrogen-bond donors (Lipinski definition) is 1. The number of fused-ring (bicyclic) bond motifs is 1. The lowest BCUT2D eigenvalue weighted by Crippen LogP contribution is -2.40. The van der Waals surface area contributed by atoms with E-state index in [9.17, 15) is 13.6 Å². The molecule has 0 aliphatic carbocycles. The largest absolute Gasteiger partial charge is 0.467 e. The van der Waals surface area contributed by atoms with Crippen molar-refractivity contribution in [2.24, 2.45) is 0 Å². The Bertz CT molecular complexity index is 671. The summed E-state index contributed by atoms with van der Waals surface area (Å²) in [5, 5.41) is 2.72. The minimum atomic E-state index is -0.617. The standard InChI is InChI=1S/C16H16F2N2O2/c17-12-7-11-3-1-5-20(16(11)14(18)8-12)10-15(21)19-9-13-4-2-6-22-13/h2,4,6-8H,1,3,5,9-10H2,(H,19,21). The summed E-state index contributed by atoms with van der Waals surface area (Å²) < 4.78 is 32.4. The Morgan fingerprint density at radius 1 is 1.36 bits per heavy atom. The SMILES string of the molecule is O=C(CN1CCCc2cc(F)cc(F)c21)NCc1ccco1. The summed E-state index contributed by atoms with van der Waals surface area (Å²) >= 11 is 0. The highest BCUT2D eigenvalue weighted by Crippen LogP contribution is 2.30. The molecule has 2 heterocycles. The van der Waals surface area contributed by atoms with Crippen LogP contribution in [0.4, 0.5) is 14.5 Å². The monoisotopic (exact) mass is 306 g/mol. The molecular formula is C16H16F2N2O2. The van der Waals surface area contributed by atoms with Gasteiger partial charge in [-0.1, -0.05) is 0 Å². The topological polar surface area (TPSA) is 45.5 Å². The Balaban J connectivity index is 1.68. The second kappa shape index (κ2) is 6.17. The van der Waals surface area contributed by atoms with Gasteiger partial charge in [0.25, 0.3) is 0 Å². The molecule has 116 valence electrons. The molecule has 22 heavy (non-hydrogen) atoms. The number of amides is 1. The number of carbonyl (C=O) groups is 1. The molecule has 1 aromatic heterocycles. The average molecular weight is 306 g/mol. The van der Waals surface area contributed by atoms with Gasteiger partial charge in [0.2, 0.25) is 5.91 Å². The van der Waals surface area contributed by atoms with Crippen molar-refractivity contribution in [3.8, 4) is 0 Å². The number of anilines is 1. The van der Waals surface area contributed by atoms with Gasteiger partial charge >= 0.3 is 0 Å². The highest BCUT2D eigenvalue weighted by atomic mass is 19.1. The molecule has 0 bridgehead atoms. The first-order chi connectivity index (χ1) is 10.6. The molecule has 0 saturated carbocycles. The second-order valence-electron chi connectivity index (χ2n) is 5.28. The van der Waals surface area contributed by atoms with Crippen LogP contribution in [0.15, 0.2) is 34.9 Å². The summed E-state index contributed by atoms with van der Waals surface area (Å²) in [5.41, 5.74) is 0.948. The minimum absolute atomic E-state index is 0.0380. The zero-order valence-corrected chi connectivity index (χ0v) is 11.9. The van der Waals surface area contributed by atoms with Gasteiger partial charge in [-0.2, -0.15) is 0 Å². The second-order valence-corrected chi connectivity index (χ2v) is 5.28. The maximum atomic E-state index is 14.0. The van der Waals surface area contributed by atoms with E-state index in [1.807, 2.05) is 0 Å². The number of nitrogens with one attached hydrogen (secondary N) is 1. The molecule has 1 aromatic carbocycles. The van der Waals surface area contributed by atoms with E-state index in [0.717, 1.165) is 12.5 Å². The van der Waals surface area contributed by atoms with E-state index in [1.54, 1.807) is 17.0 Å². The number of halogens is 2. The fraction of sp³-hybridized carbons (Fsp3) is 0.312. The zero-order valence-electron chi connectivity index (χ0n) is 11.9. The molecule has 3 rings (SSSR count). The summed E-state index contributed by atoms with van der Waals surface area (Å²) in [4.78, 5) is 13.7. The summed E-state index contributed by atoms with van der Waals surface area (Å²) in [6.07, 6.45) is 2.92. The number of rotatable bonds is 4. The first-order valence-corrected chi connectivity index (χ1v) is 7.15. The van der Waals surface area contributed by atoms with Gasteiger partial charge in [-0.25, -0.2) is 8.78 Å². The highest BCUT2D eigenvalue weighted by Gasteiger charge is 2.23. The Kier molecular flexibility index (Phi) is 4.09. The van der Waals surface area contributed by atoms with Crippen LogP contribution < -0.4 is 10.2 Å². The molecule has 1 N–H and O–H groups in total. The van der Waals surface area contributed by atoms with Crippen molar-refractivity contribution in [1.29, 1.82) is 0 Å². The molecule has 4 nitrogen and oxygen atoms in total. The van der Waals surface area contributed by atoms with E-state index in [-0.39, 0.29) is 12.5 Å². The minimum Gasteiger partial charge on any atom is -0.467 e. The third kappa shape index (κ3) is 3.10. The Morgan fingerprint density at radius 3 is 3.00 bits per heavy atom. The molecule has 0 saturated heterocycles. The van der Waals surface area contributed by atoms with Gasteiger partial charge in [-0.15, -0.1) is 0 Å². The van der Waals surface area contributed by atoms with E-state index in [4.69, 9.17) is 4.42 Å². The molecule has 0 fully saturated rings. The van der Waals surface area contributed by atoms with Crippen LogP contribution in [0.5, 0.6) is 0 Å². The van der Waals surface area contributed by atoms with E-state index in [1.165, 1.54) is 12.3 Å². The van der Waals surface area contributed by atoms with Crippen molar-refractivity contribution < 1.29 is 18.0 Å². The van der Waals surface area contributed by atoms with E-state index >= 15 is 0 Å². The molecule has 0 atom stereocenters. The number of aryl methyl sites for hydroxylation is 1. The molecule has 1 aliphatic heterocycles. The number of benzene rings is 1. The maximum Gasteiger partial charge on any atom is 0.239 e. The number of carbonyl (C=O) groups excluding carboxylic acids is 1.